The molecule has 5 nitrogen and oxygen atoms in total. The molecule has 184 valence electrons. The summed E-state index contributed by atoms with van der Waals surface area (Å²) in [5.74, 6) is -0.490. The molecule has 0 atom stereocenters. The van der Waals surface area contributed by atoms with Crippen molar-refractivity contribution in [3.05, 3.63) is 112 Å². The van der Waals surface area contributed by atoms with Gasteiger partial charge < -0.3 is 4.74 Å². The number of carbonyl (C=O) groups excluding carboxylic acids is 2. The zero-order valence-electron chi connectivity index (χ0n) is 20.2. The second-order valence-corrected chi connectivity index (χ2v) is 9.74. The van der Waals surface area contributed by atoms with Crippen LogP contribution in [0.15, 0.2) is 84.4 Å². The monoisotopic (exact) mass is 526 g/mol. The number of halogens is 1. The second-order valence-electron chi connectivity index (χ2n) is 8.92. The standard InChI is InChI=1S/C30H23ClN2O3S/c1-18-13-19(2)15-23(14-18)33-29(35)26(28(34)32-30(33)37)16-25-24-6-4-3-5-21(24)9-12-27(25)36-17-20-7-10-22(31)11-8-20/h3-16H,17H2,1-2H3,(H,32,34,37)/b26-16+. The summed E-state index contributed by atoms with van der Waals surface area (Å²) >= 11 is 11.4. The fourth-order valence-corrected chi connectivity index (χ4v) is 4.82. The normalized spacial score (nSPS) is 14.8. The molecule has 0 radical (unpaired) electrons. The Labute approximate surface area is 225 Å². The molecule has 1 heterocycles. The number of aryl methyl sites for hydroxylation is 2. The van der Waals surface area contributed by atoms with Crippen molar-refractivity contribution >= 4 is 63.3 Å². The van der Waals surface area contributed by atoms with Crippen molar-refractivity contribution in [2.24, 2.45) is 0 Å². The second kappa shape index (κ2) is 10.2. The highest BCUT2D eigenvalue weighted by molar-refractivity contribution is 7.80. The number of nitrogens with one attached hydrogen (secondary N) is 1. The third-order valence-corrected chi connectivity index (χ3v) is 6.63. The summed E-state index contributed by atoms with van der Waals surface area (Å²) < 4.78 is 6.18. The minimum atomic E-state index is -0.549. The SMILES string of the molecule is Cc1cc(C)cc(N2C(=O)/C(=C/c3c(OCc4ccc(Cl)cc4)ccc4ccccc34)C(=O)NC2=S)c1. The van der Waals surface area contributed by atoms with E-state index in [0.29, 0.717) is 28.6 Å². The number of rotatable bonds is 5. The maximum Gasteiger partial charge on any atom is 0.270 e. The predicted molar refractivity (Wildman–Crippen MR) is 152 cm³/mol. The van der Waals surface area contributed by atoms with Crippen LogP contribution in [0.2, 0.25) is 5.02 Å². The Morgan fingerprint density at radius 1 is 0.946 bits per heavy atom. The molecule has 4 aromatic rings. The van der Waals surface area contributed by atoms with E-state index in [9.17, 15) is 9.59 Å². The van der Waals surface area contributed by atoms with Crippen LogP contribution in [0.1, 0.15) is 22.3 Å². The first-order chi connectivity index (χ1) is 17.8. The summed E-state index contributed by atoms with van der Waals surface area (Å²) in [4.78, 5) is 28.1. The summed E-state index contributed by atoms with van der Waals surface area (Å²) in [6.07, 6.45) is 1.59. The Bertz CT molecular complexity index is 1570. The maximum atomic E-state index is 13.7. The van der Waals surface area contributed by atoms with E-state index in [1.807, 2.05) is 80.6 Å². The predicted octanol–water partition coefficient (Wildman–Crippen LogP) is 6.52. The van der Waals surface area contributed by atoms with Gasteiger partial charge in [0.2, 0.25) is 0 Å². The fourth-order valence-electron chi connectivity index (χ4n) is 4.41. The lowest BCUT2D eigenvalue weighted by Gasteiger charge is -2.29. The topological polar surface area (TPSA) is 58.6 Å². The number of hydrogen-bond donors (Lipinski definition) is 1. The lowest BCUT2D eigenvalue weighted by Crippen LogP contribution is -2.54. The van der Waals surface area contributed by atoms with E-state index in [1.165, 1.54) is 4.90 Å². The third-order valence-electron chi connectivity index (χ3n) is 6.09. The highest BCUT2D eigenvalue weighted by Crippen LogP contribution is 2.32. The molecular formula is C30H23ClN2O3S. The smallest absolute Gasteiger partial charge is 0.270 e. The molecule has 1 N–H and O–H groups in total. The lowest BCUT2D eigenvalue weighted by atomic mass is 9.99. The van der Waals surface area contributed by atoms with Gasteiger partial charge in [-0.05, 0) is 89.9 Å². The van der Waals surface area contributed by atoms with Crippen LogP contribution >= 0.6 is 23.8 Å². The summed E-state index contributed by atoms with van der Waals surface area (Å²) in [5.41, 5.74) is 4.13. The summed E-state index contributed by atoms with van der Waals surface area (Å²) in [5, 5.41) is 5.18. The van der Waals surface area contributed by atoms with E-state index in [-0.39, 0.29) is 10.7 Å². The van der Waals surface area contributed by atoms with Crippen molar-refractivity contribution < 1.29 is 14.3 Å². The fraction of sp³-hybridized carbons (Fsp3) is 0.100. The van der Waals surface area contributed by atoms with Crippen molar-refractivity contribution in [2.45, 2.75) is 20.5 Å². The van der Waals surface area contributed by atoms with Crippen LogP contribution in [-0.4, -0.2) is 16.9 Å². The van der Waals surface area contributed by atoms with E-state index >= 15 is 0 Å². The number of anilines is 1. The molecule has 0 aliphatic carbocycles. The van der Waals surface area contributed by atoms with Crippen molar-refractivity contribution in [3.63, 3.8) is 0 Å². The van der Waals surface area contributed by atoms with E-state index < -0.39 is 11.8 Å². The Balaban J connectivity index is 1.58. The number of thiocarbonyl (C=S) groups is 1. The van der Waals surface area contributed by atoms with Crippen LogP contribution < -0.4 is 15.0 Å². The zero-order valence-corrected chi connectivity index (χ0v) is 21.8. The Morgan fingerprint density at radius 3 is 2.38 bits per heavy atom. The van der Waals surface area contributed by atoms with Gasteiger partial charge in [0.1, 0.15) is 17.9 Å². The van der Waals surface area contributed by atoms with Crippen molar-refractivity contribution in [1.82, 2.24) is 5.32 Å². The summed E-state index contributed by atoms with van der Waals surface area (Å²) in [6, 6.07) is 24.7. The minimum absolute atomic E-state index is 0.0274. The number of fused-ring (bicyclic) bond motifs is 1. The van der Waals surface area contributed by atoms with Crippen LogP contribution in [0.5, 0.6) is 5.75 Å². The molecule has 1 aliphatic rings. The van der Waals surface area contributed by atoms with E-state index in [0.717, 1.165) is 27.5 Å². The highest BCUT2D eigenvalue weighted by atomic mass is 35.5. The number of nitrogens with zero attached hydrogens (tertiary/aromatic N) is 1. The zero-order chi connectivity index (χ0) is 26.1. The molecule has 4 aromatic carbocycles. The molecule has 7 heteroatoms. The van der Waals surface area contributed by atoms with Gasteiger partial charge in [0.15, 0.2) is 5.11 Å². The van der Waals surface area contributed by atoms with E-state index in [1.54, 1.807) is 18.2 Å². The van der Waals surface area contributed by atoms with Gasteiger partial charge in [0.05, 0.1) is 5.69 Å². The minimum Gasteiger partial charge on any atom is -0.488 e. The molecule has 1 aliphatic heterocycles. The van der Waals surface area contributed by atoms with E-state index in [4.69, 9.17) is 28.6 Å². The average Bonchev–Trinajstić information content (AvgIpc) is 2.86. The maximum absolute atomic E-state index is 13.7. The van der Waals surface area contributed by atoms with E-state index in [2.05, 4.69) is 5.32 Å². The molecule has 37 heavy (non-hydrogen) atoms. The van der Waals surface area contributed by atoms with Crippen LogP contribution in [-0.2, 0) is 16.2 Å². The van der Waals surface area contributed by atoms with Gasteiger partial charge in [-0.25, -0.2) is 0 Å². The average molecular weight is 527 g/mol. The number of benzene rings is 4. The Morgan fingerprint density at radius 2 is 1.65 bits per heavy atom. The third kappa shape index (κ3) is 5.12. The van der Waals surface area contributed by atoms with Gasteiger partial charge >= 0.3 is 0 Å². The van der Waals surface area contributed by atoms with Crippen LogP contribution in [0.3, 0.4) is 0 Å². The van der Waals surface area contributed by atoms with Crippen LogP contribution in [0, 0.1) is 13.8 Å². The Hall–Kier alpha value is -4.00. The number of amides is 2. The summed E-state index contributed by atoms with van der Waals surface area (Å²) in [7, 11) is 0. The van der Waals surface area contributed by atoms with Crippen LogP contribution in [0.25, 0.3) is 16.8 Å². The van der Waals surface area contributed by atoms with Crippen LogP contribution in [0.4, 0.5) is 5.69 Å². The van der Waals surface area contributed by atoms with Crippen molar-refractivity contribution in [2.75, 3.05) is 4.90 Å². The molecule has 0 saturated carbocycles. The number of ether oxygens (including phenoxy) is 1. The first kappa shape index (κ1) is 24.7. The molecule has 0 unspecified atom stereocenters. The lowest BCUT2D eigenvalue weighted by molar-refractivity contribution is -0.122. The van der Waals surface area contributed by atoms with Gasteiger partial charge in [-0.15, -0.1) is 0 Å². The first-order valence-electron chi connectivity index (χ1n) is 11.7. The number of carbonyl (C=O) groups is 2. The number of hydrogen-bond acceptors (Lipinski definition) is 4. The van der Waals surface area contributed by atoms with Gasteiger partial charge in [-0.1, -0.05) is 60.1 Å². The first-order valence-corrected chi connectivity index (χ1v) is 12.5. The quantitative estimate of drug-likeness (QED) is 0.183. The Kier molecular flexibility index (Phi) is 6.78. The molecule has 2 amide bonds. The van der Waals surface area contributed by atoms with Gasteiger partial charge in [0, 0.05) is 10.6 Å². The highest BCUT2D eigenvalue weighted by Gasteiger charge is 2.35. The van der Waals surface area contributed by atoms with Crippen molar-refractivity contribution in [3.8, 4) is 5.75 Å². The molecule has 0 spiro atoms. The molecule has 1 fully saturated rings. The largest absolute Gasteiger partial charge is 0.488 e. The van der Waals surface area contributed by atoms with Gasteiger partial charge in [-0.3, -0.25) is 19.8 Å². The molecule has 5 rings (SSSR count). The summed E-state index contributed by atoms with van der Waals surface area (Å²) in [6.45, 7) is 4.19. The molecule has 0 aromatic heterocycles. The van der Waals surface area contributed by atoms with Crippen molar-refractivity contribution in [1.29, 1.82) is 0 Å². The van der Waals surface area contributed by atoms with Gasteiger partial charge in [-0.2, -0.15) is 0 Å². The molecule has 1 saturated heterocycles. The van der Waals surface area contributed by atoms with Gasteiger partial charge in [0.25, 0.3) is 11.8 Å². The molecule has 0 bridgehead atoms. The molecular weight excluding hydrogens is 504 g/mol.